The molecule has 0 spiro atoms. The largest absolute Gasteiger partial charge is 0.355 e. The van der Waals surface area contributed by atoms with E-state index >= 15 is 0 Å². The molecule has 2 aliphatic rings. The second kappa shape index (κ2) is 3.47. The molecule has 1 aromatic heterocycles. The Hall–Kier alpha value is -1.55. The number of fused-ring (bicyclic) bond motifs is 5. The number of para-hydroxylation sites is 2. The first-order valence-electron chi connectivity index (χ1n) is 6.35. The number of aromatic nitrogens is 2. The van der Waals surface area contributed by atoms with E-state index in [4.69, 9.17) is 0 Å². The minimum atomic E-state index is 0.611. The van der Waals surface area contributed by atoms with Crippen molar-refractivity contribution in [3.05, 3.63) is 24.3 Å². The molecule has 0 radical (unpaired) electrons. The molecule has 4 heteroatoms. The fraction of sp³-hybridized carbons (Fsp3) is 0.462. The van der Waals surface area contributed by atoms with Crippen molar-refractivity contribution in [3.8, 4) is 0 Å². The third-order valence-corrected chi connectivity index (χ3v) is 4.02. The lowest BCUT2D eigenvalue weighted by molar-refractivity contribution is 0.259. The monoisotopic (exact) mass is 228 g/mol. The molecule has 1 fully saturated rings. The van der Waals surface area contributed by atoms with Crippen LogP contribution >= 0.6 is 0 Å². The van der Waals surface area contributed by atoms with Crippen LogP contribution in [0.2, 0.25) is 0 Å². The minimum Gasteiger partial charge on any atom is -0.355 e. The van der Waals surface area contributed by atoms with E-state index in [1.54, 1.807) is 0 Å². The molecule has 0 aliphatic carbocycles. The van der Waals surface area contributed by atoms with E-state index in [2.05, 4.69) is 44.5 Å². The van der Waals surface area contributed by atoms with Crippen LogP contribution in [-0.2, 0) is 0 Å². The van der Waals surface area contributed by atoms with Crippen LogP contribution in [0, 0.1) is 5.92 Å². The summed E-state index contributed by atoms with van der Waals surface area (Å²) in [5.74, 6) is 1.74. The number of piperidine rings is 1. The second-order valence-electron chi connectivity index (χ2n) is 5.00. The van der Waals surface area contributed by atoms with Crippen LogP contribution in [0.5, 0.6) is 0 Å². The van der Waals surface area contributed by atoms with Gasteiger partial charge >= 0.3 is 0 Å². The van der Waals surface area contributed by atoms with E-state index in [0.717, 1.165) is 31.1 Å². The summed E-state index contributed by atoms with van der Waals surface area (Å²) < 4.78 is 2.41. The summed E-state index contributed by atoms with van der Waals surface area (Å²) in [7, 11) is 0. The number of benzene rings is 1. The molecule has 4 rings (SSSR count). The van der Waals surface area contributed by atoms with Gasteiger partial charge in [-0.1, -0.05) is 12.1 Å². The van der Waals surface area contributed by atoms with E-state index in [-0.39, 0.29) is 0 Å². The molecule has 3 heterocycles. The molecule has 0 saturated carbocycles. The maximum atomic E-state index is 4.68. The molecular formula is C13H16N4. The Morgan fingerprint density at radius 3 is 3.18 bits per heavy atom. The Balaban J connectivity index is 1.92. The van der Waals surface area contributed by atoms with Crippen LogP contribution in [0.4, 0.5) is 5.95 Å². The molecule has 0 amide bonds. The molecule has 0 bridgehead atoms. The van der Waals surface area contributed by atoms with Crippen molar-refractivity contribution >= 4 is 17.0 Å². The lowest BCUT2D eigenvalue weighted by Gasteiger charge is -2.38. The normalized spacial score (nSPS) is 27.3. The Bertz CT molecular complexity index is 560. The molecule has 2 aliphatic heterocycles. The molecule has 2 unspecified atom stereocenters. The minimum absolute atomic E-state index is 0.611. The SMILES string of the molecule is c1ccc2c(c1)nc1n2C2CCNCC2CN1. The van der Waals surface area contributed by atoms with E-state index in [1.165, 1.54) is 11.9 Å². The van der Waals surface area contributed by atoms with Gasteiger partial charge in [0, 0.05) is 25.0 Å². The van der Waals surface area contributed by atoms with Crippen LogP contribution in [0.15, 0.2) is 24.3 Å². The van der Waals surface area contributed by atoms with Gasteiger partial charge in [-0.3, -0.25) is 0 Å². The Labute approximate surface area is 100 Å². The maximum Gasteiger partial charge on any atom is 0.204 e. The first kappa shape index (κ1) is 9.48. The molecule has 2 atom stereocenters. The smallest absolute Gasteiger partial charge is 0.204 e. The number of imidazole rings is 1. The summed E-state index contributed by atoms with van der Waals surface area (Å²) >= 11 is 0. The van der Waals surface area contributed by atoms with E-state index in [0.29, 0.717) is 12.0 Å². The summed E-state index contributed by atoms with van der Waals surface area (Å²) in [4.78, 5) is 4.68. The molecule has 88 valence electrons. The van der Waals surface area contributed by atoms with Crippen molar-refractivity contribution < 1.29 is 0 Å². The van der Waals surface area contributed by atoms with Crippen molar-refractivity contribution in [2.45, 2.75) is 12.5 Å². The highest BCUT2D eigenvalue weighted by atomic mass is 15.3. The van der Waals surface area contributed by atoms with Gasteiger partial charge in [0.1, 0.15) is 0 Å². The van der Waals surface area contributed by atoms with Gasteiger partial charge in [-0.05, 0) is 25.1 Å². The molecule has 1 saturated heterocycles. The van der Waals surface area contributed by atoms with Gasteiger partial charge < -0.3 is 15.2 Å². The van der Waals surface area contributed by atoms with Crippen molar-refractivity contribution in [2.24, 2.45) is 5.92 Å². The van der Waals surface area contributed by atoms with Gasteiger partial charge in [-0.2, -0.15) is 0 Å². The van der Waals surface area contributed by atoms with Gasteiger partial charge in [0.25, 0.3) is 0 Å². The van der Waals surface area contributed by atoms with Gasteiger partial charge in [0.15, 0.2) is 0 Å². The Morgan fingerprint density at radius 1 is 1.24 bits per heavy atom. The molecular weight excluding hydrogens is 212 g/mol. The van der Waals surface area contributed by atoms with Crippen molar-refractivity contribution in [2.75, 3.05) is 25.0 Å². The fourth-order valence-corrected chi connectivity index (χ4v) is 3.18. The number of nitrogens with one attached hydrogen (secondary N) is 2. The maximum absolute atomic E-state index is 4.68. The fourth-order valence-electron chi connectivity index (χ4n) is 3.18. The first-order valence-corrected chi connectivity index (χ1v) is 6.35. The molecule has 4 nitrogen and oxygen atoms in total. The van der Waals surface area contributed by atoms with Crippen LogP contribution in [0.3, 0.4) is 0 Å². The molecule has 17 heavy (non-hydrogen) atoms. The highest BCUT2D eigenvalue weighted by molar-refractivity contribution is 5.79. The standard InChI is InChI=1S/C13H16N4/c1-2-4-12-10(3-1)16-13-15-8-9-7-14-6-5-11(9)17(12)13/h1-4,9,11,14H,5-8H2,(H,15,16). The summed E-state index contributed by atoms with van der Waals surface area (Å²) in [5.41, 5.74) is 2.38. The van der Waals surface area contributed by atoms with Gasteiger partial charge in [-0.15, -0.1) is 0 Å². The number of nitrogens with zero attached hydrogens (tertiary/aromatic N) is 2. The Morgan fingerprint density at radius 2 is 2.18 bits per heavy atom. The topological polar surface area (TPSA) is 41.9 Å². The third kappa shape index (κ3) is 1.30. The van der Waals surface area contributed by atoms with Crippen molar-refractivity contribution in [1.29, 1.82) is 0 Å². The first-order chi connectivity index (χ1) is 8.43. The summed E-state index contributed by atoms with van der Waals surface area (Å²) in [6, 6.07) is 9.04. The van der Waals surface area contributed by atoms with E-state index in [1.807, 2.05) is 0 Å². The van der Waals surface area contributed by atoms with Gasteiger partial charge in [0.05, 0.1) is 11.0 Å². The highest BCUT2D eigenvalue weighted by Gasteiger charge is 2.32. The highest BCUT2D eigenvalue weighted by Crippen LogP contribution is 2.35. The Kier molecular flexibility index (Phi) is 1.93. The summed E-state index contributed by atoms with van der Waals surface area (Å²) in [6.07, 6.45) is 1.21. The van der Waals surface area contributed by atoms with Crippen LogP contribution < -0.4 is 10.6 Å². The number of hydrogen-bond donors (Lipinski definition) is 2. The molecule has 1 aromatic carbocycles. The van der Waals surface area contributed by atoms with Crippen LogP contribution in [0.1, 0.15) is 12.5 Å². The average Bonchev–Trinajstić information content (AvgIpc) is 2.77. The predicted molar refractivity (Wildman–Crippen MR) is 68.2 cm³/mol. The lowest BCUT2D eigenvalue weighted by Crippen LogP contribution is -2.44. The zero-order chi connectivity index (χ0) is 11.2. The van der Waals surface area contributed by atoms with Gasteiger partial charge in [-0.25, -0.2) is 4.98 Å². The van der Waals surface area contributed by atoms with Crippen molar-refractivity contribution in [1.82, 2.24) is 14.9 Å². The second-order valence-corrected chi connectivity index (χ2v) is 5.00. The van der Waals surface area contributed by atoms with Crippen LogP contribution in [0.25, 0.3) is 11.0 Å². The number of rotatable bonds is 0. The quantitative estimate of drug-likeness (QED) is 0.720. The lowest BCUT2D eigenvalue weighted by atomic mass is 9.91. The van der Waals surface area contributed by atoms with Crippen molar-refractivity contribution in [3.63, 3.8) is 0 Å². The number of hydrogen-bond acceptors (Lipinski definition) is 3. The predicted octanol–water partition coefficient (Wildman–Crippen LogP) is 1.61. The third-order valence-electron chi connectivity index (χ3n) is 4.02. The van der Waals surface area contributed by atoms with Crippen LogP contribution in [-0.4, -0.2) is 29.2 Å². The summed E-state index contributed by atoms with van der Waals surface area (Å²) in [5, 5.41) is 6.94. The number of anilines is 1. The molecule has 2 aromatic rings. The van der Waals surface area contributed by atoms with Gasteiger partial charge in [0.2, 0.25) is 5.95 Å². The van der Waals surface area contributed by atoms with E-state index in [9.17, 15) is 0 Å². The van der Waals surface area contributed by atoms with E-state index < -0.39 is 0 Å². The zero-order valence-electron chi connectivity index (χ0n) is 9.69. The summed E-state index contributed by atoms with van der Waals surface area (Å²) in [6.45, 7) is 3.28. The molecule has 2 N–H and O–H groups in total. The zero-order valence-corrected chi connectivity index (χ0v) is 9.69. The average molecular weight is 228 g/mol.